The summed E-state index contributed by atoms with van der Waals surface area (Å²) in [7, 11) is 1.37. The van der Waals surface area contributed by atoms with Gasteiger partial charge in [0.05, 0.1) is 23.7 Å². The highest BCUT2D eigenvalue weighted by atomic mass is 35.5. The lowest BCUT2D eigenvalue weighted by atomic mass is 9.93. The molecule has 1 amide bonds. The van der Waals surface area contributed by atoms with Crippen LogP contribution in [-0.2, 0) is 9.59 Å². The molecule has 0 radical (unpaired) electrons. The van der Waals surface area contributed by atoms with Crippen molar-refractivity contribution in [2.45, 2.75) is 6.04 Å². The van der Waals surface area contributed by atoms with Crippen LogP contribution in [-0.4, -0.2) is 29.0 Å². The number of amides is 1. The number of anilines is 1. The number of fused-ring (bicyclic) bond motifs is 1. The number of carbonyl (C=O) groups is 2. The van der Waals surface area contributed by atoms with Crippen molar-refractivity contribution in [2.24, 2.45) is 0 Å². The van der Waals surface area contributed by atoms with Crippen molar-refractivity contribution in [3.8, 4) is 11.5 Å². The molecule has 0 spiro atoms. The first-order valence-corrected chi connectivity index (χ1v) is 11.2. The van der Waals surface area contributed by atoms with Crippen molar-refractivity contribution in [2.75, 3.05) is 12.0 Å². The van der Waals surface area contributed by atoms with E-state index >= 15 is 0 Å². The number of hydrogen-bond acceptors (Lipinski definition) is 5. The van der Waals surface area contributed by atoms with Gasteiger partial charge in [-0.3, -0.25) is 14.5 Å². The summed E-state index contributed by atoms with van der Waals surface area (Å²) in [5.41, 5.74) is 1.21. The number of methoxy groups -OCH3 is 1. The quantitative estimate of drug-likeness (QED) is 0.215. The lowest BCUT2D eigenvalue weighted by molar-refractivity contribution is -0.132. The van der Waals surface area contributed by atoms with Crippen molar-refractivity contribution < 1.29 is 24.5 Å². The molecule has 5 rings (SSSR count). The van der Waals surface area contributed by atoms with Crippen molar-refractivity contribution in [3.63, 3.8) is 0 Å². The van der Waals surface area contributed by atoms with Crippen molar-refractivity contribution in [3.05, 3.63) is 107 Å². The van der Waals surface area contributed by atoms with Crippen LogP contribution >= 0.6 is 11.6 Å². The van der Waals surface area contributed by atoms with Gasteiger partial charge in [0.1, 0.15) is 5.76 Å². The van der Waals surface area contributed by atoms with Gasteiger partial charge in [0.15, 0.2) is 11.5 Å². The highest BCUT2D eigenvalue weighted by molar-refractivity contribution is 6.52. The third-order valence-corrected chi connectivity index (χ3v) is 6.40. The largest absolute Gasteiger partial charge is 0.507 e. The maximum Gasteiger partial charge on any atom is 0.300 e. The Labute approximate surface area is 206 Å². The number of Topliss-reactive ketones (excluding diaryl/α,β-unsaturated/α-hetero) is 1. The number of ether oxygens (including phenoxy) is 1. The van der Waals surface area contributed by atoms with Crippen LogP contribution in [0.25, 0.3) is 16.5 Å². The van der Waals surface area contributed by atoms with Gasteiger partial charge in [-0.15, -0.1) is 0 Å². The Morgan fingerprint density at radius 3 is 2.37 bits per heavy atom. The van der Waals surface area contributed by atoms with E-state index in [1.54, 1.807) is 42.5 Å². The maximum absolute atomic E-state index is 13.4. The summed E-state index contributed by atoms with van der Waals surface area (Å²) >= 11 is 6.27. The number of phenols is 1. The zero-order valence-corrected chi connectivity index (χ0v) is 19.4. The molecule has 35 heavy (non-hydrogen) atoms. The molecule has 7 heteroatoms. The topological polar surface area (TPSA) is 87.1 Å². The number of nitrogens with zero attached hydrogens (tertiary/aromatic N) is 1. The number of aliphatic hydroxyl groups is 1. The summed E-state index contributed by atoms with van der Waals surface area (Å²) in [4.78, 5) is 28.1. The number of ketones is 1. The van der Waals surface area contributed by atoms with Gasteiger partial charge in [-0.05, 0) is 40.6 Å². The average Bonchev–Trinajstić information content (AvgIpc) is 3.15. The lowest BCUT2D eigenvalue weighted by Crippen LogP contribution is -2.29. The number of halogens is 1. The van der Waals surface area contributed by atoms with E-state index in [0.29, 0.717) is 16.8 Å². The Morgan fingerprint density at radius 2 is 1.63 bits per heavy atom. The highest BCUT2D eigenvalue weighted by Crippen LogP contribution is 2.46. The SMILES string of the molecule is COc1cc(C2/C(=C(/O)c3cccc4ccccc34)C(=O)C(=O)N2c2ccccc2)cc(Cl)c1O. The number of rotatable bonds is 4. The maximum atomic E-state index is 13.4. The number of hydrogen-bond donors (Lipinski definition) is 2. The van der Waals surface area contributed by atoms with Crippen molar-refractivity contribution in [1.29, 1.82) is 0 Å². The molecule has 0 aliphatic carbocycles. The molecule has 0 bridgehead atoms. The first-order chi connectivity index (χ1) is 16.9. The molecule has 1 unspecified atom stereocenters. The molecule has 6 nitrogen and oxygen atoms in total. The van der Waals surface area contributed by atoms with Gasteiger partial charge in [-0.1, -0.05) is 72.3 Å². The van der Waals surface area contributed by atoms with Crippen molar-refractivity contribution >= 4 is 45.5 Å². The average molecular weight is 486 g/mol. The second-order valence-electron chi connectivity index (χ2n) is 8.08. The minimum absolute atomic E-state index is 0.0110. The van der Waals surface area contributed by atoms with Crippen LogP contribution in [0.1, 0.15) is 17.2 Å². The molecule has 2 N–H and O–H groups in total. The number of phenolic OH excluding ortho intramolecular Hbond substituents is 1. The van der Waals surface area contributed by atoms with Crippen LogP contribution in [0.3, 0.4) is 0 Å². The van der Waals surface area contributed by atoms with Crippen LogP contribution < -0.4 is 9.64 Å². The summed E-state index contributed by atoms with van der Waals surface area (Å²) in [5.74, 6) is -2.09. The van der Waals surface area contributed by atoms with E-state index in [1.807, 2.05) is 30.3 Å². The van der Waals surface area contributed by atoms with E-state index in [0.717, 1.165) is 10.8 Å². The summed E-state index contributed by atoms with van der Waals surface area (Å²) in [5, 5.41) is 23.4. The van der Waals surface area contributed by atoms with E-state index in [2.05, 4.69) is 0 Å². The van der Waals surface area contributed by atoms with Gasteiger partial charge in [-0.25, -0.2) is 0 Å². The molecule has 1 atom stereocenters. The second kappa shape index (κ2) is 8.81. The number of carbonyl (C=O) groups excluding carboxylic acids is 2. The molecule has 1 aliphatic rings. The molecule has 1 heterocycles. The molecule has 174 valence electrons. The lowest BCUT2D eigenvalue weighted by Gasteiger charge is -2.26. The monoisotopic (exact) mass is 485 g/mol. The van der Waals surface area contributed by atoms with Crippen LogP contribution in [0.5, 0.6) is 11.5 Å². The zero-order valence-electron chi connectivity index (χ0n) is 18.6. The smallest absolute Gasteiger partial charge is 0.300 e. The van der Waals surface area contributed by atoms with Crippen LogP contribution in [0.15, 0.2) is 90.5 Å². The molecule has 1 saturated heterocycles. The van der Waals surface area contributed by atoms with E-state index in [4.69, 9.17) is 16.3 Å². The van der Waals surface area contributed by atoms with Crippen LogP contribution in [0, 0.1) is 0 Å². The molecule has 4 aromatic carbocycles. The van der Waals surface area contributed by atoms with Gasteiger partial charge in [-0.2, -0.15) is 0 Å². The molecule has 4 aromatic rings. The van der Waals surface area contributed by atoms with Gasteiger partial charge in [0.2, 0.25) is 0 Å². The van der Waals surface area contributed by atoms with Crippen molar-refractivity contribution in [1.82, 2.24) is 0 Å². The zero-order chi connectivity index (χ0) is 24.7. The minimum atomic E-state index is -1.01. The summed E-state index contributed by atoms with van der Waals surface area (Å²) in [6.45, 7) is 0. The fourth-order valence-corrected chi connectivity index (χ4v) is 4.71. The number of aromatic hydroxyl groups is 1. The summed E-state index contributed by atoms with van der Waals surface area (Å²) in [6, 6.07) is 23.5. The minimum Gasteiger partial charge on any atom is -0.507 e. The third-order valence-electron chi connectivity index (χ3n) is 6.11. The fraction of sp³-hybridized carbons (Fsp3) is 0.0714. The third kappa shape index (κ3) is 3.68. The predicted octanol–water partition coefficient (Wildman–Crippen LogP) is 5.83. The Morgan fingerprint density at radius 1 is 0.943 bits per heavy atom. The Bertz CT molecular complexity index is 1510. The molecule has 0 aromatic heterocycles. The van der Waals surface area contributed by atoms with E-state index in [1.165, 1.54) is 24.1 Å². The van der Waals surface area contributed by atoms with Gasteiger partial charge in [0, 0.05) is 11.3 Å². The Kier molecular flexibility index (Phi) is 5.67. The Balaban J connectivity index is 1.81. The molecule has 1 fully saturated rings. The van der Waals surface area contributed by atoms with E-state index in [-0.39, 0.29) is 27.9 Å². The highest BCUT2D eigenvalue weighted by Gasteiger charge is 2.47. The first kappa shape index (κ1) is 22.5. The first-order valence-electron chi connectivity index (χ1n) is 10.8. The predicted molar refractivity (Wildman–Crippen MR) is 135 cm³/mol. The molecular weight excluding hydrogens is 466 g/mol. The van der Waals surface area contributed by atoms with Gasteiger partial charge < -0.3 is 14.9 Å². The van der Waals surface area contributed by atoms with Gasteiger partial charge in [0.25, 0.3) is 11.7 Å². The number of benzene rings is 4. The molecule has 1 aliphatic heterocycles. The summed E-state index contributed by atoms with van der Waals surface area (Å²) in [6.07, 6.45) is 0. The van der Waals surface area contributed by atoms with Crippen LogP contribution in [0.4, 0.5) is 5.69 Å². The van der Waals surface area contributed by atoms with Crippen LogP contribution in [0.2, 0.25) is 5.02 Å². The molecular formula is C28H20ClNO5. The van der Waals surface area contributed by atoms with E-state index in [9.17, 15) is 19.8 Å². The Hall–Kier alpha value is -4.29. The fourth-order valence-electron chi connectivity index (χ4n) is 4.49. The number of aliphatic hydroxyl groups excluding tert-OH is 1. The second-order valence-corrected chi connectivity index (χ2v) is 8.49. The van der Waals surface area contributed by atoms with E-state index < -0.39 is 17.7 Å². The standard InChI is InChI=1S/C28H20ClNO5/c1-35-22-15-17(14-21(29)26(22)32)24-23(27(33)28(34)30(24)18-10-3-2-4-11-18)25(31)20-13-7-9-16-8-5-6-12-19(16)20/h2-15,24,31-32H,1H3/b25-23-. The number of para-hydroxylation sites is 1. The molecule has 0 saturated carbocycles. The summed E-state index contributed by atoms with van der Waals surface area (Å²) < 4.78 is 5.26. The van der Waals surface area contributed by atoms with Gasteiger partial charge >= 0.3 is 0 Å². The normalized spacial score (nSPS) is 17.2.